The van der Waals surface area contributed by atoms with Gasteiger partial charge in [0.25, 0.3) is 0 Å². The first-order chi connectivity index (χ1) is 13.8. The Hall–Kier alpha value is -2.52. The van der Waals surface area contributed by atoms with Gasteiger partial charge in [0.05, 0.1) is 34.5 Å². The summed E-state index contributed by atoms with van der Waals surface area (Å²) >= 11 is 0. The number of aromatic hydroxyl groups is 1. The molecule has 29 heavy (non-hydrogen) atoms. The predicted molar refractivity (Wildman–Crippen MR) is 104 cm³/mol. The fraction of sp³-hybridized carbons (Fsp3) is 0.429. The van der Waals surface area contributed by atoms with Crippen LogP contribution in [-0.2, 0) is 11.2 Å². The third kappa shape index (κ3) is 3.60. The van der Waals surface area contributed by atoms with E-state index in [0.29, 0.717) is 22.6 Å². The van der Waals surface area contributed by atoms with Crippen LogP contribution in [0.2, 0.25) is 0 Å². The van der Waals surface area contributed by atoms with E-state index < -0.39 is 23.9 Å². The van der Waals surface area contributed by atoms with Crippen molar-refractivity contribution >= 4 is 0 Å². The first-order valence-electron chi connectivity index (χ1n) is 9.07. The van der Waals surface area contributed by atoms with Crippen molar-refractivity contribution in [2.24, 2.45) is 0 Å². The van der Waals surface area contributed by atoms with Gasteiger partial charge in [-0.15, -0.1) is 0 Å². The van der Waals surface area contributed by atoms with Crippen molar-refractivity contribution in [3.05, 3.63) is 47.5 Å². The van der Waals surface area contributed by atoms with Gasteiger partial charge >= 0.3 is 0 Å². The molecule has 8 heteroatoms. The van der Waals surface area contributed by atoms with E-state index in [2.05, 4.69) is 0 Å². The quantitative estimate of drug-likeness (QED) is 0.542. The molecular formula is C21H26O8. The number of ether oxygens (including phenoxy) is 4. The molecule has 4 N–H and O–H groups in total. The second-order valence-electron chi connectivity index (χ2n) is 7.10. The van der Waals surface area contributed by atoms with Crippen LogP contribution in [0, 0.1) is 0 Å². The summed E-state index contributed by atoms with van der Waals surface area (Å²) in [4.78, 5) is 0. The lowest BCUT2D eigenvalue weighted by atomic mass is 9.76. The molecule has 1 aliphatic rings. The topological polar surface area (TPSA) is 118 Å². The predicted octanol–water partition coefficient (Wildman–Crippen LogP) is 1.19. The first-order valence-corrected chi connectivity index (χ1v) is 9.07. The van der Waals surface area contributed by atoms with Crippen LogP contribution in [0.5, 0.6) is 23.0 Å². The minimum absolute atomic E-state index is 0.0233. The minimum Gasteiger partial charge on any atom is -0.504 e. The molecule has 0 amide bonds. The first kappa shape index (κ1) is 21.2. The second kappa shape index (κ2) is 8.08. The molecule has 2 aromatic rings. The molecule has 1 heterocycles. The molecule has 1 saturated heterocycles. The molecule has 0 radical (unpaired) electrons. The molecule has 0 aromatic heterocycles. The molecule has 158 valence electrons. The van der Waals surface area contributed by atoms with Crippen molar-refractivity contribution in [2.75, 3.05) is 34.5 Å². The van der Waals surface area contributed by atoms with Crippen molar-refractivity contribution in [3.63, 3.8) is 0 Å². The van der Waals surface area contributed by atoms with Gasteiger partial charge in [-0.1, -0.05) is 12.1 Å². The molecule has 0 spiro atoms. The maximum atomic E-state index is 11.3. The summed E-state index contributed by atoms with van der Waals surface area (Å²) in [5, 5.41) is 42.3. The smallest absolute Gasteiger partial charge is 0.161 e. The number of aliphatic hydroxyl groups is 3. The van der Waals surface area contributed by atoms with E-state index in [1.165, 1.54) is 27.4 Å². The Morgan fingerprint density at radius 1 is 0.966 bits per heavy atom. The summed E-state index contributed by atoms with van der Waals surface area (Å²) in [7, 11) is 4.42. The van der Waals surface area contributed by atoms with Gasteiger partial charge in [0.2, 0.25) is 0 Å². The Morgan fingerprint density at radius 2 is 1.66 bits per heavy atom. The fourth-order valence-corrected chi connectivity index (χ4v) is 3.72. The van der Waals surface area contributed by atoms with E-state index in [0.717, 1.165) is 0 Å². The van der Waals surface area contributed by atoms with Gasteiger partial charge in [-0.3, -0.25) is 0 Å². The normalized spacial score (nSPS) is 26.3. The van der Waals surface area contributed by atoms with Crippen molar-refractivity contribution in [1.82, 2.24) is 0 Å². The van der Waals surface area contributed by atoms with Crippen LogP contribution in [0.3, 0.4) is 0 Å². The number of rotatable bonds is 7. The number of phenolic OH excluding ortho intramolecular Hbond substituents is 1. The summed E-state index contributed by atoms with van der Waals surface area (Å²) in [6, 6.07) is 9.60. The highest BCUT2D eigenvalue weighted by atomic mass is 16.5. The standard InChI is InChI=1S/C21H26O8/c1-26-16-7-5-14(9-18(16)28-3)19-21(25,11-22)20(24,12-29-19)10-13-4-6-15(23)17(8-13)27-2/h4-9,19,22-25H,10-12H2,1-3H3/t19-,20-,21+/m1/s1. The van der Waals surface area contributed by atoms with E-state index in [-0.39, 0.29) is 24.5 Å². The minimum atomic E-state index is -1.97. The van der Waals surface area contributed by atoms with Gasteiger partial charge in [-0.2, -0.15) is 0 Å². The molecule has 2 aromatic carbocycles. The third-order valence-electron chi connectivity index (χ3n) is 5.42. The number of hydrogen-bond acceptors (Lipinski definition) is 8. The lowest BCUT2D eigenvalue weighted by Gasteiger charge is -2.38. The van der Waals surface area contributed by atoms with Gasteiger partial charge in [0.15, 0.2) is 23.0 Å². The van der Waals surface area contributed by atoms with Gasteiger partial charge in [-0.05, 0) is 35.4 Å². The SMILES string of the molecule is COc1cc(C[C@@]2(O)CO[C@H](c3ccc(OC)c(OC)c3)[C@@]2(O)CO)ccc1O. The van der Waals surface area contributed by atoms with Gasteiger partial charge < -0.3 is 39.4 Å². The Morgan fingerprint density at radius 3 is 2.28 bits per heavy atom. The molecule has 1 aliphatic heterocycles. The lowest BCUT2D eigenvalue weighted by Crippen LogP contribution is -2.58. The zero-order valence-electron chi connectivity index (χ0n) is 16.6. The van der Waals surface area contributed by atoms with E-state index in [9.17, 15) is 20.4 Å². The molecular weight excluding hydrogens is 380 g/mol. The Kier molecular flexibility index (Phi) is 5.90. The largest absolute Gasteiger partial charge is 0.504 e. The van der Waals surface area contributed by atoms with Crippen molar-refractivity contribution < 1.29 is 39.4 Å². The average Bonchev–Trinajstić information content (AvgIpc) is 2.99. The number of hydrogen-bond donors (Lipinski definition) is 4. The zero-order valence-corrected chi connectivity index (χ0v) is 16.6. The molecule has 0 unspecified atom stereocenters. The number of methoxy groups -OCH3 is 3. The molecule has 0 bridgehead atoms. The maximum Gasteiger partial charge on any atom is 0.161 e. The summed E-state index contributed by atoms with van der Waals surface area (Å²) in [6.45, 7) is -0.927. The van der Waals surface area contributed by atoms with E-state index in [1.54, 1.807) is 30.3 Å². The average molecular weight is 406 g/mol. The number of benzene rings is 2. The van der Waals surface area contributed by atoms with Gasteiger partial charge in [-0.25, -0.2) is 0 Å². The second-order valence-corrected chi connectivity index (χ2v) is 7.10. The molecule has 0 aliphatic carbocycles. The van der Waals surface area contributed by atoms with Crippen molar-refractivity contribution in [1.29, 1.82) is 0 Å². The van der Waals surface area contributed by atoms with Gasteiger partial charge in [0, 0.05) is 6.42 Å². The van der Waals surface area contributed by atoms with E-state index in [1.807, 2.05) is 0 Å². The number of aliphatic hydroxyl groups excluding tert-OH is 1. The summed E-state index contributed by atoms with van der Waals surface area (Å²) in [5.41, 5.74) is -2.62. The molecule has 3 atom stereocenters. The van der Waals surface area contributed by atoms with Crippen molar-refractivity contribution in [2.45, 2.75) is 23.7 Å². The van der Waals surface area contributed by atoms with Crippen LogP contribution in [0.1, 0.15) is 17.2 Å². The van der Waals surface area contributed by atoms with E-state index in [4.69, 9.17) is 18.9 Å². The molecule has 8 nitrogen and oxygen atoms in total. The van der Waals surface area contributed by atoms with Crippen LogP contribution in [0.15, 0.2) is 36.4 Å². The highest BCUT2D eigenvalue weighted by Gasteiger charge is 2.60. The highest BCUT2D eigenvalue weighted by Crippen LogP contribution is 2.47. The maximum absolute atomic E-state index is 11.3. The summed E-state index contributed by atoms with van der Waals surface area (Å²) < 4.78 is 21.4. The van der Waals surface area contributed by atoms with Crippen LogP contribution in [0.4, 0.5) is 0 Å². The Labute approximate surface area is 168 Å². The molecule has 0 saturated carbocycles. The summed E-state index contributed by atoms with van der Waals surface area (Å²) in [6.07, 6.45) is -1.01. The van der Waals surface area contributed by atoms with Crippen LogP contribution in [0.25, 0.3) is 0 Å². The number of phenols is 1. The Balaban J connectivity index is 1.94. The Bertz CT molecular complexity index is 870. The van der Waals surface area contributed by atoms with Crippen LogP contribution >= 0.6 is 0 Å². The van der Waals surface area contributed by atoms with Crippen LogP contribution in [-0.4, -0.2) is 66.2 Å². The monoisotopic (exact) mass is 406 g/mol. The van der Waals surface area contributed by atoms with E-state index >= 15 is 0 Å². The fourth-order valence-electron chi connectivity index (χ4n) is 3.72. The molecule has 1 fully saturated rings. The molecule has 3 rings (SSSR count). The van der Waals surface area contributed by atoms with Gasteiger partial charge in [0.1, 0.15) is 17.3 Å². The highest BCUT2D eigenvalue weighted by molar-refractivity contribution is 5.45. The van der Waals surface area contributed by atoms with Crippen LogP contribution < -0.4 is 14.2 Å². The lowest BCUT2D eigenvalue weighted by molar-refractivity contribution is -0.158. The third-order valence-corrected chi connectivity index (χ3v) is 5.42. The zero-order chi connectivity index (χ0) is 21.2. The summed E-state index contributed by atoms with van der Waals surface area (Å²) in [5.74, 6) is 1.15. The van der Waals surface area contributed by atoms with Crippen molar-refractivity contribution in [3.8, 4) is 23.0 Å².